The van der Waals surface area contributed by atoms with E-state index >= 15 is 0 Å². The second-order valence-corrected chi connectivity index (χ2v) is 25.5. The Kier molecular flexibility index (Phi) is 10.4. The molecule has 0 aliphatic heterocycles. The molecule has 17 rings (SSSR count). The van der Waals surface area contributed by atoms with Crippen molar-refractivity contribution >= 4 is 110 Å². The van der Waals surface area contributed by atoms with Crippen LogP contribution in [0.25, 0.3) is 98.4 Å². The maximum absolute atomic E-state index is 7.14. The van der Waals surface area contributed by atoms with Gasteiger partial charge in [-0.15, -0.1) is 0 Å². The monoisotopic (exact) mass is 1090 g/mol. The van der Waals surface area contributed by atoms with Crippen LogP contribution in [-0.2, 0) is 16.2 Å². The van der Waals surface area contributed by atoms with Crippen LogP contribution in [0, 0.1) is 0 Å². The molecule has 0 radical (unpaired) electrons. The number of benzene rings is 13. The Morgan fingerprint density at radius 2 is 0.741 bits per heavy atom. The zero-order valence-corrected chi connectivity index (χ0v) is 48.5. The van der Waals surface area contributed by atoms with E-state index in [-0.39, 0.29) is 10.8 Å². The van der Waals surface area contributed by atoms with Crippen molar-refractivity contribution < 1.29 is 8.83 Å². The second-order valence-electron chi connectivity index (χ2n) is 25.5. The van der Waals surface area contributed by atoms with Crippen LogP contribution in [0.4, 0.5) is 34.1 Å². The molecule has 0 bridgehead atoms. The van der Waals surface area contributed by atoms with Gasteiger partial charge >= 0.3 is 0 Å². The minimum Gasteiger partial charge on any atom is -0.454 e. The predicted octanol–water partition coefficient (Wildman–Crippen LogP) is 22.8. The number of rotatable bonds is 6. The van der Waals surface area contributed by atoms with Gasteiger partial charge in [-0.3, -0.25) is 0 Å². The number of para-hydroxylation sites is 6. The normalized spacial score (nSPS) is 13.4. The van der Waals surface area contributed by atoms with Gasteiger partial charge < -0.3 is 18.6 Å². The van der Waals surface area contributed by atoms with Gasteiger partial charge in [-0.05, 0) is 148 Å². The molecule has 1 spiro atoms. The van der Waals surface area contributed by atoms with Crippen LogP contribution < -0.4 is 9.80 Å². The number of anilines is 6. The maximum atomic E-state index is 7.14. The number of furan rings is 2. The summed E-state index contributed by atoms with van der Waals surface area (Å²) in [5.74, 6) is 0. The van der Waals surface area contributed by atoms with Gasteiger partial charge in [-0.1, -0.05) is 236 Å². The molecule has 406 valence electrons. The molecule has 4 heteroatoms. The quantitative estimate of drug-likeness (QED) is 0.155. The highest BCUT2D eigenvalue weighted by atomic mass is 16.3. The number of hydrogen-bond donors (Lipinski definition) is 0. The SMILES string of the molecule is CC(C)(C)c1cccc2c1oc1c(N(c3ccccc3)c3ccc4c5c(ccc4c3)-c3c(c4ccc(N(c6ccccc6)c6cccc7c6oc6c(C(C)(C)C)cccc67)cc4c4ccccc34)C53c4ccccc4-c4ccccc43)cccc12. The first-order valence-electron chi connectivity index (χ1n) is 29.8. The Hall–Kier alpha value is -10.2. The van der Waals surface area contributed by atoms with Gasteiger partial charge in [-0.2, -0.15) is 0 Å². The van der Waals surface area contributed by atoms with Crippen molar-refractivity contribution in [2.24, 2.45) is 0 Å². The minimum atomic E-state index is -0.670. The third kappa shape index (κ3) is 6.97. The van der Waals surface area contributed by atoms with Crippen molar-refractivity contribution in [2.45, 2.75) is 57.8 Å². The Balaban J connectivity index is 0.921. The summed E-state index contributed by atoms with van der Waals surface area (Å²) in [6, 6.07) is 94.6. The van der Waals surface area contributed by atoms with Gasteiger partial charge in [-0.25, -0.2) is 0 Å². The Morgan fingerprint density at radius 3 is 1.28 bits per heavy atom. The second kappa shape index (κ2) is 17.9. The number of hydrogen-bond acceptors (Lipinski definition) is 4. The lowest BCUT2D eigenvalue weighted by Crippen LogP contribution is -2.26. The van der Waals surface area contributed by atoms with E-state index in [0.29, 0.717) is 0 Å². The number of fused-ring (bicyclic) bond motifs is 23. The summed E-state index contributed by atoms with van der Waals surface area (Å²) >= 11 is 0. The molecule has 2 aromatic heterocycles. The fourth-order valence-electron chi connectivity index (χ4n) is 15.1. The summed E-state index contributed by atoms with van der Waals surface area (Å²) in [5.41, 5.74) is 21.7. The molecule has 0 saturated heterocycles. The van der Waals surface area contributed by atoms with Gasteiger partial charge in [0.15, 0.2) is 11.2 Å². The molecule has 0 fully saturated rings. The van der Waals surface area contributed by atoms with Crippen LogP contribution >= 0.6 is 0 Å². The summed E-state index contributed by atoms with van der Waals surface area (Å²) in [7, 11) is 0. The lowest BCUT2D eigenvalue weighted by Gasteiger charge is -2.33. The Labute approximate surface area is 494 Å². The van der Waals surface area contributed by atoms with Gasteiger partial charge in [0.05, 0.1) is 16.8 Å². The van der Waals surface area contributed by atoms with E-state index < -0.39 is 5.41 Å². The highest BCUT2D eigenvalue weighted by molar-refractivity contribution is 6.23. The van der Waals surface area contributed by atoms with Crippen LogP contribution in [0.3, 0.4) is 0 Å². The fraction of sp³-hybridized carbons (Fsp3) is 0.111. The first-order valence-corrected chi connectivity index (χ1v) is 29.8. The average molecular weight is 1090 g/mol. The van der Waals surface area contributed by atoms with Gasteiger partial charge in [0.2, 0.25) is 0 Å². The van der Waals surface area contributed by atoms with Crippen LogP contribution in [0.2, 0.25) is 0 Å². The summed E-state index contributed by atoms with van der Waals surface area (Å²) in [5, 5.41) is 11.8. The van der Waals surface area contributed by atoms with E-state index in [2.05, 4.69) is 306 Å². The lowest BCUT2D eigenvalue weighted by atomic mass is 9.68. The van der Waals surface area contributed by atoms with Gasteiger partial charge in [0, 0.05) is 55.4 Å². The van der Waals surface area contributed by atoms with Gasteiger partial charge in [0.25, 0.3) is 0 Å². The van der Waals surface area contributed by atoms with Crippen molar-refractivity contribution in [3.63, 3.8) is 0 Å². The van der Waals surface area contributed by atoms with E-state index in [1.54, 1.807) is 0 Å². The lowest BCUT2D eigenvalue weighted by molar-refractivity contribution is 0.572. The summed E-state index contributed by atoms with van der Waals surface area (Å²) in [6.07, 6.45) is 0. The van der Waals surface area contributed by atoms with Gasteiger partial charge in [0.1, 0.15) is 11.2 Å². The fourth-order valence-corrected chi connectivity index (χ4v) is 15.1. The zero-order chi connectivity index (χ0) is 57.1. The van der Waals surface area contributed by atoms with Crippen LogP contribution in [0.1, 0.15) is 74.9 Å². The molecule has 0 unspecified atom stereocenters. The highest BCUT2D eigenvalue weighted by Crippen LogP contribution is 2.67. The average Bonchev–Trinajstić information content (AvgIpc) is 1.79. The molecule has 2 heterocycles. The molecule has 2 aliphatic rings. The molecule has 2 aliphatic carbocycles. The zero-order valence-electron chi connectivity index (χ0n) is 48.5. The van der Waals surface area contributed by atoms with Crippen molar-refractivity contribution in [3.05, 3.63) is 288 Å². The standard InChI is InChI=1S/C81H60N2O2/c1-79(2,3)68-37-19-31-60-62-33-21-39-70(77(62)84-75(60)68)82(50-23-9-7-10-24-50)52-42-45-54-49(47-52)41-44-64-72-58-30-14-13-27-55(58)65-48-53(43-46-59(65)74(72)81(73(54)64)66-35-17-15-28-56(66)57-29-16-18-36-67(57)81)83(51-25-11-8-12-26-51)71-40-22-34-63-61-32-20-38-69(80(4,5)6)76(61)85-78(63)71/h7-48H,1-6H3. The maximum Gasteiger partial charge on any atom is 0.159 e. The van der Waals surface area contributed by atoms with Crippen molar-refractivity contribution in [2.75, 3.05) is 9.80 Å². The smallest absolute Gasteiger partial charge is 0.159 e. The Bertz CT molecular complexity index is 5240. The largest absolute Gasteiger partial charge is 0.454 e. The van der Waals surface area contributed by atoms with Crippen molar-refractivity contribution in [1.29, 1.82) is 0 Å². The van der Waals surface area contributed by atoms with Crippen molar-refractivity contribution in [3.8, 4) is 22.3 Å². The molecule has 4 nitrogen and oxygen atoms in total. The third-order valence-corrected chi connectivity index (χ3v) is 18.6. The first-order chi connectivity index (χ1) is 41.5. The summed E-state index contributed by atoms with van der Waals surface area (Å²) < 4.78 is 14.3. The molecule has 13 aromatic carbocycles. The molecular weight excluding hydrogens is 1030 g/mol. The topological polar surface area (TPSA) is 32.8 Å². The van der Waals surface area contributed by atoms with E-state index in [9.17, 15) is 0 Å². The van der Waals surface area contributed by atoms with Crippen molar-refractivity contribution in [1.82, 2.24) is 0 Å². The van der Waals surface area contributed by atoms with Crippen LogP contribution in [-0.4, -0.2) is 0 Å². The molecule has 0 N–H and O–H groups in total. The predicted molar refractivity (Wildman–Crippen MR) is 357 cm³/mol. The van der Waals surface area contributed by atoms with Crippen LogP contribution in [0.5, 0.6) is 0 Å². The molecule has 0 atom stereocenters. The van der Waals surface area contributed by atoms with E-state index in [1.807, 2.05) is 0 Å². The molecule has 15 aromatic rings. The molecule has 0 saturated carbocycles. The molecule has 0 amide bonds. The molecular formula is C81H60N2O2. The van der Waals surface area contributed by atoms with E-state index in [0.717, 1.165) is 78.0 Å². The Morgan fingerprint density at radius 1 is 0.294 bits per heavy atom. The van der Waals surface area contributed by atoms with Crippen LogP contribution in [0.15, 0.2) is 264 Å². The van der Waals surface area contributed by atoms with E-state index in [4.69, 9.17) is 8.83 Å². The first kappa shape index (κ1) is 49.4. The minimum absolute atomic E-state index is 0.0997. The number of nitrogens with zero attached hydrogens (tertiary/aromatic N) is 2. The third-order valence-electron chi connectivity index (χ3n) is 18.6. The molecule has 85 heavy (non-hydrogen) atoms. The highest BCUT2D eigenvalue weighted by Gasteiger charge is 2.54. The van der Waals surface area contributed by atoms with E-state index in [1.165, 1.54) is 88.0 Å². The summed E-state index contributed by atoms with van der Waals surface area (Å²) in [4.78, 5) is 4.78. The summed E-state index contributed by atoms with van der Waals surface area (Å²) in [6.45, 7) is 13.6.